The van der Waals surface area contributed by atoms with E-state index in [2.05, 4.69) is 13.5 Å². The quantitative estimate of drug-likeness (QED) is 0.412. The fraction of sp³-hybridized carbons (Fsp3) is 0.917. The van der Waals surface area contributed by atoms with Gasteiger partial charge in [0.25, 0.3) is 0 Å². The summed E-state index contributed by atoms with van der Waals surface area (Å²) >= 11 is 0. The average molecular weight is 383 g/mol. The van der Waals surface area contributed by atoms with Crippen LogP contribution in [0.2, 0.25) is 0 Å². The zero-order valence-electron chi connectivity index (χ0n) is 17.3. The summed E-state index contributed by atoms with van der Waals surface area (Å²) in [6, 6.07) is 0. The van der Waals surface area contributed by atoms with Crippen LogP contribution in [0.3, 0.4) is 0 Å². The second kappa shape index (κ2) is 9.85. The standard InChI is InChI=1S/C24H40F2O/c1-3-19-6-8-20(9-7-19)16-24(25,26)27-17-21-10-14-23(15-11-21)22-12-4-18(2)5-13-22/h3,18-23H,1,4-17H2,2H3. The minimum absolute atomic E-state index is 0.0908. The average Bonchev–Trinajstić information content (AvgIpc) is 2.68. The van der Waals surface area contributed by atoms with Crippen LogP contribution in [0.15, 0.2) is 12.7 Å². The van der Waals surface area contributed by atoms with Gasteiger partial charge in [-0.1, -0.05) is 25.8 Å². The van der Waals surface area contributed by atoms with Gasteiger partial charge in [0.05, 0.1) is 6.61 Å². The highest BCUT2D eigenvalue weighted by Gasteiger charge is 2.37. The molecule has 3 rings (SSSR count). The molecule has 0 aromatic heterocycles. The van der Waals surface area contributed by atoms with Crippen molar-refractivity contribution >= 4 is 0 Å². The Morgan fingerprint density at radius 1 is 0.815 bits per heavy atom. The molecule has 0 radical (unpaired) electrons. The number of hydrogen-bond acceptors (Lipinski definition) is 1. The minimum atomic E-state index is -2.94. The molecule has 3 aliphatic rings. The van der Waals surface area contributed by atoms with Crippen molar-refractivity contribution in [2.75, 3.05) is 6.61 Å². The largest absolute Gasteiger partial charge is 0.356 e. The van der Waals surface area contributed by atoms with E-state index in [4.69, 9.17) is 4.74 Å². The van der Waals surface area contributed by atoms with E-state index in [0.29, 0.717) is 11.8 Å². The van der Waals surface area contributed by atoms with Crippen LogP contribution in [-0.2, 0) is 4.74 Å². The van der Waals surface area contributed by atoms with Crippen molar-refractivity contribution in [2.24, 2.45) is 35.5 Å². The Bertz CT molecular complexity index is 439. The number of ether oxygens (including phenoxy) is 1. The highest BCUT2D eigenvalue weighted by atomic mass is 19.3. The van der Waals surface area contributed by atoms with Gasteiger partial charge in [0.2, 0.25) is 0 Å². The lowest BCUT2D eigenvalue weighted by atomic mass is 9.69. The van der Waals surface area contributed by atoms with Crippen LogP contribution in [0.5, 0.6) is 0 Å². The van der Waals surface area contributed by atoms with Crippen molar-refractivity contribution in [2.45, 2.75) is 96.5 Å². The van der Waals surface area contributed by atoms with Crippen LogP contribution in [0, 0.1) is 35.5 Å². The predicted octanol–water partition coefficient (Wildman–Crippen LogP) is 7.61. The normalized spacial score (nSPS) is 38.5. The molecule has 0 aromatic carbocycles. The number of rotatable bonds is 7. The Hall–Kier alpha value is -0.440. The highest BCUT2D eigenvalue weighted by molar-refractivity contribution is 4.85. The number of alkyl halides is 2. The fourth-order valence-electron chi connectivity index (χ4n) is 5.85. The molecule has 0 N–H and O–H groups in total. The van der Waals surface area contributed by atoms with Gasteiger partial charge in [-0.05, 0) is 99.7 Å². The second-order valence-corrected chi connectivity index (χ2v) is 9.97. The minimum Gasteiger partial charge on any atom is -0.320 e. The summed E-state index contributed by atoms with van der Waals surface area (Å²) < 4.78 is 33.8. The molecule has 1 nitrogen and oxygen atoms in total. The maximum absolute atomic E-state index is 14.3. The van der Waals surface area contributed by atoms with Crippen molar-refractivity contribution in [3.05, 3.63) is 12.7 Å². The molecule has 0 aromatic rings. The van der Waals surface area contributed by atoms with Crippen LogP contribution in [0.4, 0.5) is 8.78 Å². The fourth-order valence-corrected chi connectivity index (χ4v) is 5.85. The predicted molar refractivity (Wildman–Crippen MR) is 108 cm³/mol. The molecular weight excluding hydrogens is 342 g/mol. The van der Waals surface area contributed by atoms with Gasteiger partial charge in [-0.25, -0.2) is 0 Å². The number of allylic oxidation sites excluding steroid dienone is 1. The smallest absolute Gasteiger partial charge is 0.320 e. The molecule has 0 unspecified atom stereocenters. The molecule has 0 amide bonds. The van der Waals surface area contributed by atoms with E-state index >= 15 is 0 Å². The van der Waals surface area contributed by atoms with Gasteiger partial charge in [-0.15, -0.1) is 6.58 Å². The lowest BCUT2D eigenvalue weighted by molar-refractivity contribution is -0.256. The molecule has 27 heavy (non-hydrogen) atoms. The van der Waals surface area contributed by atoms with Crippen LogP contribution >= 0.6 is 0 Å². The van der Waals surface area contributed by atoms with E-state index in [1.807, 2.05) is 6.08 Å². The maximum Gasteiger partial charge on any atom is 0.356 e. The third-order valence-corrected chi connectivity index (χ3v) is 7.90. The van der Waals surface area contributed by atoms with Gasteiger partial charge in [-0.3, -0.25) is 0 Å². The van der Waals surface area contributed by atoms with Crippen molar-refractivity contribution < 1.29 is 13.5 Å². The first kappa shape index (κ1) is 21.3. The van der Waals surface area contributed by atoms with Crippen molar-refractivity contribution in [1.82, 2.24) is 0 Å². The molecule has 0 heterocycles. The van der Waals surface area contributed by atoms with E-state index in [1.54, 1.807) is 0 Å². The summed E-state index contributed by atoms with van der Waals surface area (Å²) in [5.41, 5.74) is 0. The van der Waals surface area contributed by atoms with E-state index in [-0.39, 0.29) is 18.9 Å². The maximum atomic E-state index is 14.3. The van der Waals surface area contributed by atoms with E-state index in [9.17, 15) is 8.78 Å². The van der Waals surface area contributed by atoms with Crippen molar-refractivity contribution in [3.63, 3.8) is 0 Å². The van der Waals surface area contributed by atoms with Crippen LogP contribution < -0.4 is 0 Å². The van der Waals surface area contributed by atoms with Crippen LogP contribution in [0.25, 0.3) is 0 Å². The number of hydrogen-bond donors (Lipinski definition) is 0. The van der Waals surface area contributed by atoms with Gasteiger partial charge < -0.3 is 4.74 Å². The lowest BCUT2D eigenvalue weighted by Gasteiger charge is -2.37. The SMILES string of the molecule is C=CC1CCC(CC(F)(F)OCC2CCC(C3CCC(C)CC3)CC2)CC1. The first-order valence-corrected chi connectivity index (χ1v) is 11.6. The topological polar surface area (TPSA) is 9.23 Å². The highest BCUT2D eigenvalue weighted by Crippen LogP contribution is 2.42. The molecule has 156 valence electrons. The third kappa shape index (κ3) is 6.54. The van der Waals surface area contributed by atoms with E-state index in [1.165, 1.54) is 38.5 Å². The van der Waals surface area contributed by atoms with Gasteiger partial charge in [0, 0.05) is 6.42 Å². The molecule has 3 saturated carbocycles. The monoisotopic (exact) mass is 382 g/mol. The van der Waals surface area contributed by atoms with Crippen LogP contribution in [-0.4, -0.2) is 12.7 Å². The lowest BCUT2D eigenvalue weighted by Crippen LogP contribution is -2.31. The van der Waals surface area contributed by atoms with Gasteiger partial charge >= 0.3 is 6.11 Å². The van der Waals surface area contributed by atoms with Crippen molar-refractivity contribution in [3.8, 4) is 0 Å². The molecule has 0 bridgehead atoms. The molecule has 0 aliphatic heterocycles. The molecule has 3 fully saturated rings. The molecule has 0 spiro atoms. The van der Waals surface area contributed by atoms with E-state index < -0.39 is 6.11 Å². The van der Waals surface area contributed by atoms with E-state index in [0.717, 1.165) is 56.3 Å². The first-order valence-electron chi connectivity index (χ1n) is 11.6. The second-order valence-electron chi connectivity index (χ2n) is 9.97. The third-order valence-electron chi connectivity index (χ3n) is 7.90. The van der Waals surface area contributed by atoms with Crippen molar-refractivity contribution in [1.29, 1.82) is 0 Å². The Morgan fingerprint density at radius 2 is 1.33 bits per heavy atom. The summed E-state index contributed by atoms with van der Waals surface area (Å²) in [4.78, 5) is 0. The summed E-state index contributed by atoms with van der Waals surface area (Å²) in [5.74, 6) is 3.62. The Kier molecular flexibility index (Phi) is 7.76. The molecule has 0 saturated heterocycles. The zero-order chi connectivity index (χ0) is 19.3. The molecule has 0 atom stereocenters. The Balaban J connectivity index is 1.33. The molecular formula is C24H40F2O. The van der Waals surface area contributed by atoms with Gasteiger partial charge in [0.1, 0.15) is 0 Å². The van der Waals surface area contributed by atoms with Gasteiger partial charge in [0.15, 0.2) is 0 Å². The van der Waals surface area contributed by atoms with Crippen LogP contribution in [0.1, 0.15) is 90.4 Å². The Labute approximate surface area is 165 Å². The zero-order valence-corrected chi connectivity index (χ0v) is 17.3. The van der Waals surface area contributed by atoms with Gasteiger partial charge in [-0.2, -0.15) is 8.78 Å². The molecule has 3 aliphatic carbocycles. The molecule has 3 heteroatoms. The summed E-state index contributed by atoms with van der Waals surface area (Å²) in [5, 5.41) is 0. The number of halogens is 2. The summed E-state index contributed by atoms with van der Waals surface area (Å²) in [6.45, 7) is 6.45. The summed E-state index contributed by atoms with van der Waals surface area (Å²) in [6.07, 6.45) is 12.9. The first-order chi connectivity index (χ1) is 12.9. The Morgan fingerprint density at radius 3 is 1.89 bits per heavy atom. The summed E-state index contributed by atoms with van der Waals surface area (Å²) in [7, 11) is 0.